The zero-order valence-corrected chi connectivity index (χ0v) is 17.8. The van der Waals surface area contributed by atoms with Crippen LogP contribution < -0.4 is 10.1 Å². The minimum Gasteiger partial charge on any atom is -0.497 e. The number of nitrogens with zero attached hydrogens (tertiary/aromatic N) is 3. The van der Waals surface area contributed by atoms with Gasteiger partial charge in [0.2, 0.25) is 5.91 Å². The number of thioether (sulfide) groups is 1. The molecule has 32 heavy (non-hydrogen) atoms. The lowest BCUT2D eigenvalue weighted by atomic mass is 10.2. The number of anilines is 1. The van der Waals surface area contributed by atoms with Gasteiger partial charge in [-0.25, -0.2) is 8.78 Å². The van der Waals surface area contributed by atoms with Crippen molar-refractivity contribution >= 4 is 23.4 Å². The number of rotatable bonds is 7. The molecule has 0 aliphatic heterocycles. The summed E-state index contributed by atoms with van der Waals surface area (Å²) in [5.74, 6) is -0.660. The van der Waals surface area contributed by atoms with E-state index in [1.165, 1.54) is 0 Å². The van der Waals surface area contributed by atoms with Crippen LogP contribution >= 0.6 is 11.8 Å². The third-order valence-electron chi connectivity index (χ3n) is 4.51. The lowest BCUT2D eigenvalue weighted by Gasteiger charge is -2.11. The van der Waals surface area contributed by atoms with E-state index in [0.29, 0.717) is 16.7 Å². The van der Waals surface area contributed by atoms with Gasteiger partial charge in [-0.15, -0.1) is 10.2 Å². The van der Waals surface area contributed by atoms with Crippen LogP contribution in [0.4, 0.5) is 14.5 Å². The summed E-state index contributed by atoms with van der Waals surface area (Å²) in [5.41, 5.74) is 1.39. The first-order chi connectivity index (χ1) is 15.5. The summed E-state index contributed by atoms with van der Waals surface area (Å²) >= 11 is 1.13. The first-order valence-electron chi connectivity index (χ1n) is 9.58. The number of ether oxygens (including phenoxy) is 1. The number of benzene rings is 3. The van der Waals surface area contributed by atoms with E-state index < -0.39 is 17.5 Å². The normalized spacial score (nSPS) is 10.7. The maximum Gasteiger partial charge on any atom is 0.234 e. The molecule has 0 saturated heterocycles. The first kappa shape index (κ1) is 21.5. The second-order valence-electron chi connectivity index (χ2n) is 6.67. The fourth-order valence-corrected chi connectivity index (χ4v) is 3.78. The van der Waals surface area contributed by atoms with E-state index in [1.54, 1.807) is 7.11 Å². The van der Waals surface area contributed by atoms with E-state index in [-0.39, 0.29) is 11.4 Å². The van der Waals surface area contributed by atoms with E-state index in [0.717, 1.165) is 41.2 Å². The summed E-state index contributed by atoms with van der Waals surface area (Å²) in [7, 11) is 1.59. The quantitative estimate of drug-likeness (QED) is 0.402. The van der Waals surface area contributed by atoms with Crippen molar-refractivity contribution in [1.29, 1.82) is 0 Å². The summed E-state index contributed by atoms with van der Waals surface area (Å²) in [6, 6.07) is 19.8. The fourth-order valence-electron chi connectivity index (χ4n) is 3.03. The Morgan fingerprint density at radius 3 is 2.62 bits per heavy atom. The molecule has 162 valence electrons. The van der Waals surface area contributed by atoms with Gasteiger partial charge in [0, 0.05) is 17.3 Å². The second-order valence-corrected chi connectivity index (χ2v) is 7.61. The van der Waals surface area contributed by atoms with E-state index in [9.17, 15) is 13.6 Å². The minimum absolute atomic E-state index is 0.0704. The van der Waals surface area contributed by atoms with Crippen molar-refractivity contribution in [3.8, 4) is 22.8 Å². The summed E-state index contributed by atoms with van der Waals surface area (Å²) in [6.07, 6.45) is 0. The highest BCUT2D eigenvalue weighted by Gasteiger charge is 2.18. The van der Waals surface area contributed by atoms with Crippen LogP contribution in [0.3, 0.4) is 0 Å². The second kappa shape index (κ2) is 9.61. The van der Waals surface area contributed by atoms with Gasteiger partial charge in [0.25, 0.3) is 0 Å². The summed E-state index contributed by atoms with van der Waals surface area (Å²) in [4.78, 5) is 12.4. The Labute approximate surface area is 187 Å². The molecule has 0 aliphatic rings. The molecule has 1 N–H and O–H groups in total. The average molecular weight is 452 g/mol. The number of amides is 1. The third kappa shape index (κ3) is 4.78. The predicted octanol–water partition coefficient (Wildman–Crippen LogP) is 4.95. The van der Waals surface area contributed by atoms with Crippen molar-refractivity contribution in [2.45, 2.75) is 5.16 Å². The topological polar surface area (TPSA) is 69.0 Å². The number of methoxy groups -OCH3 is 1. The lowest BCUT2D eigenvalue weighted by molar-refractivity contribution is -0.113. The Balaban J connectivity index is 1.60. The van der Waals surface area contributed by atoms with E-state index in [4.69, 9.17) is 4.74 Å². The van der Waals surface area contributed by atoms with Crippen LogP contribution in [0.2, 0.25) is 0 Å². The highest BCUT2D eigenvalue weighted by molar-refractivity contribution is 7.99. The molecule has 1 aromatic heterocycles. The van der Waals surface area contributed by atoms with Crippen molar-refractivity contribution in [1.82, 2.24) is 14.8 Å². The number of carbonyl (C=O) groups excluding carboxylic acids is 1. The number of hydrogen-bond acceptors (Lipinski definition) is 5. The maximum atomic E-state index is 13.8. The molecule has 1 amide bonds. The highest BCUT2D eigenvalue weighted by atomic mass is 32.2. The summed E-state index contributed by atoms with van der Waals surface area (Å²) < 4.78 is 34.3. The van der Waals surface area contributed by atoms with Crippen LogP contribution in [0, 0.1) is 11.6 Å². The molecule has 0 spiro atoms. The first-order valence-corrected chi connectivity index (χ1v) is 10.6. The molecule has 9 heteroatoms. The van der Waals surface area contributed by atoms with Crippen LogP contribution in [-0.4, -0.2) is 33.5 Å². The van der Waals surface area contributed by atoms with Crippen molar-refractivity contribution < 1.29 is 18.3 Å². The number of nitrogens with one attached hydrogen (secondary N) is 1. The number of halogens is 2. The Morgan fingerprint density at radius 2 is 1.84 bits per heavy atom. The zero-order valence-electron chi connectivity index (χ0n) is 17.0. The molecule has 6 nitrogen and oxygen atoms in total. The van der Waals surface area contributed by atoms with Crippen molar-refractivity contribution in [2.24, 2.45) is 0 Å². The fraction of sp³-hybridized carbons (Fsp3) is 0.0870. The number of para-hydroxylation sites is 1. The highest BCUT2D eigenvalue weighted by Crippen LogP contribution is 2.29. The third-order valence-corrected chi connectivity index (χ3v) is 5.44. The van der Waals surface area contributed by atoms with Gasteiger partial charge in [0.05, 0.1) is 18.6 Å². The molecule has 3 aromatic carbocycles. The van der Waals surface area contributed by atoms with Crippen LogP contribution in [0.25, 0.3) is 17.1 Å². The van der Waals surface area contributed by atoms with E-state index in [1.807, 2.05) is 59.2 Å². The van der Waals surface area contributed by atoms with Gasteiger partial charge in [-0.05, 0) is 36.4 Å². The van der Waals surface area contributed by atoms with Gasteiger partial charge >= 0.3 is 0 Å². The molecular formula is C23H18F2N4O2S. The van der Waals surface area contributed by atoms with Gasteiger partial charge in [-0.2, -0.15) is 0 Å². The minimum atomic E-state index is -0.711. The van der Waals surface area contributed by atoms with Crippen molar-refractivity contribution in [2.75, 3.05) is 18.2 Å². The molecule has 0 atom stereocenters. The average Bonchev–Trinajstić information content (AvgIpc) is 3.25. The molecule has 4 rings (SSSR count). The van der Waals surface area contributed by atoms with Crippen LogP contribution in [0.15, 0.2) is 78.0 Å². The van der Waals surface area contributed by atoms with Crippen molar-refractivity contribution in [3.63, 3.8) is 0 Å². The summed E-state index contributed by atoms with van der Waals surface area (Å²) in [5, 5.41) is 11.4. The number of hydrogen-bond donors (Lipinski definition) is 1. The number of aromatic nitrogens is 3. The smallest absolute Gasteiger partial charge is 0.234 e. The SMILES string of the molecule is COc1cccc(-c2nnc(SCC(=O)Nc3cc(F)ccc3F)n2-c2ccccc2)c1. The van der Waals surface area contributed by atoms with Gasteiger partial charge in [0.15, 0.2) is 11.0 Å². The van der Waals surface area contributed by atoms with Crippen LogP contribution in [-0.2, 0) is 4.79 Å². The molecule has 1 heterocycles. The molecule has 0 radical (unpaired) electrons. The van der Waals surface area contributed by atoms with E-state index >= 15 is 0 Å². The van der Waals surface area contributed by atoms with Crippen LogP contribution in [0.5, 0.6) is 5.75 Å². The molecule has 0 aliphatic carbocycles. The molecule has 0 unspecified atom stereocenters. The largest absolute Gasteiger partial charge is 0.497 e. The lowest BCUT2D eigenvalue weighted by Crippen LogP contribution is -2.15. The predicted molar refractivity (Wildman–Crippen MR) is 119 cm³/mol. The Hall–Kier alpha value is -3.72. The molecule has 4 aromatic rings. The molecule has 0 bridgehead atoms. The monoisotopic (exact) mass is 452 g/mol. The van der Waals surface area contributed by atoms with Gasteiger partial charge < -0.3 is 10.1 Å². The van der Waals surface area contributed by atoms with Gasteiger partial charge in [0.1, 0.15) is 17.4 Å². The van der Waals surface area contributed by atoms with Gasteiger partial charge in [-0.1, -0.05) is 42.1 Å². The summed E-state index contributed by atoms with van der Waals surface area (Å²) in [6.45, 7) is 0. The molecular weight excluding hydrogens is 434 g/mol. The Morgan fingerprint density at radius 1 is 1.03 bits per heavy atom. The number of carbonyl (C=O) groups is 1. The van der Waals surface area contributed by atoms with Crippen LogP contribution in [0.1, 0.15) is 0 Å². The van der Waals surface area contributed by atoms with Gasteiger partial charge in [-0.3, -0.25) is 9.36 Å². The molecule has 0 fully saturated rings. The van der Waals surface area contributed by atoms with Crippen molar-refractivity contribution in [3.05, 3.63) is 84.4 Å². The van der Waals surface area contributed by atoms with E-state index in [2.05, 4.69) is 15.5 Å². The zero-order chi connectivity index (χ0) is 22.5. The standard InChI is InChI=1S/C23H18F2N4O2S/c1-31-18-9-5-6-15(12-18)22-27-28-23(29(22)17-7-3-2-4-8-17)32-14-21(30)26-20-13-16(24)10-11-19(20)25/h2-13H,14H2,1H3,(H,26,30). The Bertz CT molecular complexity index is 1250. The molecule has 0 saturated carbocycles. The maximum absolute atomic E-state index is 13.8. The Kier molecular flexibility index (Phi) is 6.46.